The highest BCUT2D eigenvalue weighted by Crippen LogP contribution is 2.10. The summed E-state index contributed by atoms with van der Waals surface area (Å²) in [5, 5.41) is 8.45. The van der Waals surface area contributed by atoms with Crippen LogP contribution in [0.25, 0.3) is 0 Å². The molecule has 0 aliphatic carbocycles. The number of aliphatic carboxylic acids is 1. The molecule has 0 fully saturated rings. The summed E-state index contributed by atoms with van der Waals surface area (Å²) in [6.45, 7) is -0.502. The van der Waals surface area contributed by atoms with Crippen molar-refractivity contribution < 1.29 is 23.5 Å². The molecule has 0 saturated carbocycles. The van der Waals surface area contributed by atoms with E-state index in [1.807, 2.05) is 0 Å². The molecule has 0 atom stereocenters. The van der Waals surface area contributed by atoms with E-state index in [9.17, 15) is 18.4 Å². The van der Waals surface area contributed by atoms with Crippen molar-refractivity contribution in [2.75, 3.05) is 13.6 Å². The van der Waals surface area contributed by atoms with Gasteiger partial charge in [-0.15, -0.1) is 0 Å². The van der Waals surface area contributed by atoms with E-state index in [0.29, 0.717) is 0 Å². The number of likely N-dealkylation sites (N-methyl/N-ethyl adjacent to an activating group) is 1. The zero-order chi connectivity index (χ0) is 12.3. The number of amides is 1. The van der Waals surface area contributed by atoms with E-state index in [4.69, 9.17) is 5.11 Å². The van der Waals surface area contributed by atoms with Gasteiger partial charge in [-0.25, -0.2) is 8.78 Å². The van der Waals surface area contributed by atoms with Crippen molar-refractivity contribution in [2.45, 2.75) is 0 Å². The maximum Gasteiger partial charge on any atom is 0.323 e. The lowest BCUT2D eigenvalue weighted by atomic mass is 10.2. The lowest BCUT2D eigenvalue weighted by molar-refractivity contribution is -0.137. The van der Waals surface area contributed by atoms with E-state index in [1.54, 1.807) is 0 Å². The highest BCUT2D eigenvalue weighted by Gasteiger charge is 2.15. The van der Waals surface area contributed by atoms with Crippen LogP contribution in [0.3, 0.4) is 0 Å². The Kier molecular flexibility index (Phi) is 3.55. The molecule has 16 heavy (non-hydrogen) atoms. The average molecular weight is 229 g/mol. The summed E-state index contributed by atoms with van der Waals surface area (Å²) in [6.07, 6.45) is 0. The zero-order valence-electron chi connectivity index (χ0n) is 8.41. The van der Waals surface area contributed by atoms with E-state index in [1.165, 1.54) is 7.05 Å². The molecule has 0 aliphatic heterocycles. The number of hydrogen-bond acceptors (Lipinski definition) is 2. The van der Waals surface area contributed by atoms with Crippen LogP contribution in [-0.2, 0) is 4.79 Å². The van der Waals surface area contributed by atoms with E-state index in [0.717, 1.165) is 23.1 Å². The van der Waals surface area contributed by atoms with Crippen molar-refractivity contribution in [3.63, 3.8) is 0 Å². The summed E-state index contributed by atoms with van der Waals surface area (Å²) >= 11 is 0. The molecule has 1 rings (SSSR count). The Morgan fingerprint density at radius 1 is 1.31 bits per heavy atom. The second kappa shape index (κ2) is 4.69. The van der Waals surface area contributed by atoms with Crippen molar-refractivity contribution in [2.24, 2.45) is 0 Å². The standard InChI is InChI=1S/C10H9F2NO3/c1-13(5-9(14)15)10(16)6-2-3-7(11)8(12)4-6/h2-4H,5H2,1H3,(H,14,15). The third-order valence-electron chi connectivity index (χ3n) is 1.89. The molecule has 0 radical (unpaired) electrons. The van der Waals surface area contributed by atoms with Gasteiger partial charge in [-0.2, -0.15) is 0 Å². The third kappa shape index (κ3) is 2.75. The van der Waals surface area contributed by atoms with Crippen molar-refractivity contribution in [3.05, 3.63) is 35.4 Å². The van der Waals surface area contributed by atoms with Crippen LogP contribution in [0, 0.1) is 11.6 Å². The number of benzene rings is 1. The summed E-state index contributed by atoms with van der Waals surface area (Å²) < 4.78 is 25.4. The molecule has 0 spiro atoms. The van der Waals surface area contributed by atoms with Crippen LogP contribution < -0.4 is 0 Å². The van der Waals surface area contributed by atoms with Gasteiger partial charge in [0.2, 0.25) is 0 Å². The number of hydrogen-bond donors (Lipinski definition) is 1. The fourth-order valence-electron chi connectivity index (χ4n) is 1.12. The van der Waals surface area contributed by atoms with E-state index >= 15 is 0 Å². The molecule has 0 heterocycles. The summed E-state index contributed by atoms with van der Waals surface area (Å²) in [5.74, 6) is -4.06. The summed E-state index contributed by atoms with van der Waals surface area (Å²) in [7, 11) is 1.26. The molecule has 0 aromatic heterocycles. The molecule has 0 unspecified atom stereocenters. The van der Waals surface area contributed by atoms with Crippen LogP contribution in [0.2, 0.25) is 0 Å². The fourth-order valence-corrected chi connectivity index (χ4v) is 1.12. The second-order valence-corrected chi connectivity index (χ2v) is 3.18. The Hall–Kier alpha value is -1.98. The maximum atomic E-state index is 12.8. The first-order chi connectivity index (χ1) is 7.41. The SMILES string of the molecule is CN(CC(=O)O)C(=O)c1ccc(F)c(F)c1. The highest BCUT2D eigenvalue weighted by molar-refractivity contribution is 5.95. The Morgan fingerprint density at radius 3 is 2.44 bits per heavy atom. The van der Waals surface area contributed by atoms with Crippen LogP contribution >= 0.6 is 0 Å². The first-order valence-electron chi connectivity index (χ1n) is 4.34. The summed E-state index contributed by atoms with van der Waals surface area (Å²) in [6, 6.07) is 2.65. The van der Waals surface area contributed by atoms with Gasteiger partial charge in [0.1, 0.15) is 6.54 Å². The Labute approximate surface area is 90.1 Å². The predicted octanol–water partition coefficient (Wildman–Crippen LogP) is 1.12. The number of nitrogens with zero attached hydrogens (tertiary/aromatic N) is 1. The van der Waals surface area contributed by atoms with E-state index in [-0.39, 0.29) is 5.56 Å². The van der Waals surface area contributed by atoms with Gasteiger partial charge in [0.05, 0.1) is 0 Å². The molecule has 4 nitrogen and oxygen atoms in total. The number of carbonyl (C=O) groups excluding carboxylic acids is 1. The average Bonchev–Trinajstić information content (AvgIpc) is 2.20. The summed E-state index contributed by atoms with van der Waals surface area (Å²) in [4.78, 5) is 22.8. The van der Waals surface area contributed by atoms with Crippen LogP contribution in [0.4, 0.5) is 8.78 Å². The van der Waals surface area contributed by atoms with Gasteiger partial charge in [-0.1, -0.05) is 0 Å². The normalized spacial score (nSPS) is 9.94. The Morgan fingerprint density at radius 2 is 1.94 bits per heavy atom. The maximum absolute atomic E-state index is 12.8. The van der Waals surface area contributed by atoms with Gasteiger partial charge in [0.15, 0.2) is 11.6 Å². The molecule has 0 bridgehead atoms. The van der Waals surface area contributed by atoms with Crippen molar-refractivity contribution >= 4 is 11.9 Å². The molecular formula is C10H9F2NO3. The van der Waals surface area contributed by atoms with Crippen LogP contribution in [0.1, 0.15) is 10.4 Å². The smallest absolute Gasteiger partial charge is 0.323 e. The minimum absolute atomic E-state index is 0.0948. The van der Waals surface area contributed by atoms with Gasteiger partial charge in [0, 0.05) is 12.6 Å². The Balaban J connectivity index is 2.88. The minimum atomic E-state index is -1.18. The number of carboxylic acid groups (broad SMARTS) is 1. The molecule has 1 amide bonds. The summed E-state index contributed by atoms with van der Waals surface area (Å²) in [5.41, 5.74) is -0.0948. The largest absolute Gasteiger partial charge is 0.480 e. The van der Waals surface area contributed by atoms with Gasteiger partial charge in [-0.05, 0) is 18.2 Å². The highest BCUT2D eigenvalue weighted by atomic mass is 19.2. The molecule has 0 aliphatic rings. The van der Waals surface area contributed by atoms with E-state index in [2.05, 4.69) is 0 Å². The quantitative estimate of drug-likeness (QED) is 0.844. The topological polar surface area (TPSA) is 57.6 Å². The molecular weight excluding hydrogens is 220 g/mol. The molecule has 1 aromatic rings. The molecule has 6 heteroatoms. The first kappa shape index (κ1) is 12.1. The molecule has 1 aromatic carbocycles. The van der Waals surface area contributed by atoms with Crippen LogP contribution in [0.5, 0.6) is 0 Å². The van der Waals surface area contributed by atoms with Crippen LogP contribution in [0.15, 0.2) is 18.2 Å². The third-order valence-corrected chi connectivity index (χ3v) is 1.89. The van der Waals surface area contributed by atoms with Gasteiger partial charge < -0.3 is 10.0 Å². The molecule has 0 saturated heterocycles. The number of rotatable bonds is 3. The lowest BCUT2D eigenvalue weighted by Crippen LogP contribution is -2.32. The monoisotopic (exact) mass is 229 g/mol. The fraction of sp³-hybridized carbons (Fsp3) is 0.200. The van der Waals surface area contributed by atoms with Gasteiger partial charge >= 0.3 is 5.97 Å². The Bertz CT molecular complexity index is 434. The van der Waals surface area contributed by atoms with Crippen molar-refractivity contribution in [1.29, 1.82) is 0 Å². The van der Waals surface area contributed by atoms with Gasteiger partial charge in [-0.3, -0.25) is 9.59 Å². The number of halogens is 2. The van der Waals surface area contributed by atoms with E-state index < -0.39 is 30.1 Å². The first-order valence-corrected chi connectivity index (χ1v) is 4.34. The van der Waals surface area contributed by atoms with Crippen molar-refractivity contribution in [1.82, 2.24) is 4.90 Å². The van der Waals surface area contributed by atoms with Gasteiger partial charge in [0.25, 0.3) is 5.91 Å². The zero-order valence-corrected chi connectivity index (χ0v) is 8.41. The molecule has 1 N–H and O–H groups in total. The molecule has 86 valence electrons. The van der Waals surface area contributed by atoms with Crippen LogP contribution in [-0.4, -0.2) is 35.5 Å². The number of carbonyl (C=O) groups is 2. The van der Waals surface area contributed by atoms with Crippen molar-refractivity contribution in [3.8, 4) is 0 Å². The second-order valence-electron chi connectivity index (χ2n) is 3.18. The number of carboxylic acids is 1. The lowest BCUT2D eigenvalue weighted by Gasteiger charge is -2.14. The minimum Gasteiger partial charge on any atom is -0.480 e. The predicted molar refractivity (Wildman–Crippen MR) is 51.0 cm³/mol.